The molecule has 0 spiro atoms. The van der Waals surface area contributed by atoms with Crippen molar-refractivity contribution >= 4 is 23.6 Å². The van der Waals surface area contributed by atoms with Crippen molar-refractivity contribution in [1.29, 1.82) is 0 Å². The fourth-order valence-electron chi connectivity index (χ4n) is 1.52. The summed E-state index contributed by atoms with van der Waals surface area (Å²) in [6, 6.07) is 11.8. The van der Waals surface area contributed by atoms with Gasteiger partial charge in [0.15, 0.2) is 0 Å². The molecule has 100 valence electrons. The maximum atomic E-state index is 11.9. The van der Waals surface area contributed by atoms with Gasteiger partial charge in [0.1, 0.15) is 0 Å². The zero-order chi connectivity index (χ0) is 13.7. The van der Waals surface area contributed by atoms with Gasteiger partial charge in [0.25, 0.3) is 0 Å². The van der Waals surface area contributed by atoms with E-state index in [1.807, 2.05) is 32.0 Å². The molecule has 1 unspecified atom stereocenters. The van der Waals surface area contributed by atoms with Crippen LogP contribution >= 0.6 is 11.8 Å². The molecule has 2 rings (SSSR count). The van der Waals surface area contributed by atoms with E-state index in [9.17, 15) is 4.79 Å². The molecule has 0 saturated carbocycles. The molecule has 0 aliphatic carbocycles. The topological polar surface area (TPSA) is 55.1 Å². The molecule has 1 N–H and O–H groups in total. The van der Waals surface area contributed by atoms with Crippen molar-refractivity contribution in [2.45, 2.75) is 24.9 Å². The van der Waals surface area contributed by atoms with Crippen molar-refractivity contribution in [2.75, 3.05) is 5.32 Å². The third-order valence-corrected chi connectivity index (χ3v) is 3.80. The third kappa shape index (κ3) is 4.13. The maximum absolute atomic E-state index is 11.9. The Labute approximate surface area is 116 Å². The Morgan fingerprint density at radius 1 is 1.42 bits per heavy atom. The molecular formula is C14H16N2O2S. The van der Waals surface area contributed by atoms with Crippen LogP contribution < -0.4 is 5.32 Å². The number of aryl methyl sites for hydroxylation is 1. The van der Waals surface area contributed by atoms with Crippen LogP contribution in [0.2, 0.25) is 0 Å². The molecule has 0 aliphatic rings. The highest BCUT2D eigenvalue weighted by atomic mass is 32.2. The number of nitrogens with zero attached hydrogens (tertiary/aromatic N) is 1. The molecule has 5 heteroatoms. The number of benzene rings is 1. The molecule has 0 radical (unpaired) electrons. The number of anilines is 1. The van der Waals surface area contributed by atoms with E-state index >= 15 is 0 Å². The molecule has 0 aliphatic heterocycles. The van der Waals surface area contributed by atoms with Gasteiger partial charge in [-0.15, -0.1) is 11.8 Å². The normalized spacial score (nSPS) is 12.1. The lowest BCUT2D eigenvalue weighted by molar-refractivity contribution is -0.115. The van der Waals surface area contributed by atoms with Gasteiger partial charge < -0.3 is 4.52 Å². The molecule has 1 amide bonds. The van der Waals surface area contributed by atoms with Crippen molar-refractivity contribution in [3.63, 3.8) is 0 Å². The number of rotatable bonds is 5. The smallest absolute Gasteiger partial charge is 0.239 e. The van der Waals surface area contributed by atoms with Crippen molar-refractivity contribution < 1.29 is 9.32 Å². The molecule has 4 nitrogen and oxygen atoms in total. The summed E-state index contributed by atoms with van der Waals surface area (Å²) >= 11 is 1.59. The van der Waals surface area contributed by atoms with E-state index in [0.29, 0.717) is 5.88 Å². The van der Waals surface area contributed by atoms with Crippen LogP contribution in [0.15, 0.2) is 40.9 Å². The second kappa shape index (κ2) is 6.43. The van der Waals surface area contributed by atoms with E-state index in [0.717, 1.165) is 11.4 Å². The van der Waals surface area contributed by atoms with Crippen molar-refractivity contribution in [3.05, 3.63) is 47.7 Å². The second-order valence-corrected chi connectivity index (χ2v) is 5.59. The monoisotopic (exact) mass is 276 g/mol. The Kier molecular flexibility index (Phi) is 4.63. The highest BCUT2D eigenvalue weighted by Crippen LogP contribution is 2.19. The van der Waals surface area contributed by atoms with Gasteiger partial charge in [-0.3, -0.25) is 10.1 Å². The summed E-state index contributed by atoms with van der Waals surface area (Å²) in [4.78, 5) is 11.9. The molecule has 0 bridgehead atoms. The average molecular weight is 276 g/mol. The summed E-state index contributed by atoms with van der Waals surface area (Å²) in [7, 11) is 0. The first kappa shape index (κ1) is 13.7. The molecule has 2 aromatic rings. The lowest BCUT2D eigenvalue weighted by Crippen LogP contribution is -2.22. The van der Waals surface area contributed by atoms with Gasteiger partial charge in [0.05, 0.1) is 10.9 Å². The first-order valence-electron chi connectivity index (χ1n) is 6.05. The quantitative estimate of drug-likeness (QED) is 0.910. The number of carbonyl (C=O) groups is 1. The Balaban J connectivity index is 1.82. The largest absolute Gasteiger partial charge is 0.338 e. The second-order valence-electron chi connectivity index (χ2n) is 4.26. The van der Waals surface area contributed by atoms with Gasteiger partial charge in [-0.05, 0) is 19.4 Å². The van der Waals surface area contributed by atoms with Crippen LogP contribution in [0.1, 0.15) is 18.2 Å². The first-order chi connectivity index (χ1) is 9.15. The van der Waals surface area contributed by atoms with Crippen molar-refractivity contribution in [1.82, 2.24) is 5.16 Å². The number of thioether (sulfide) groups is 1. The van der Waals surface area contributed by atoms with Crippen LogP contribution in [0, 0.1) is 6.92 Å². The molecule has 0 fully saturated rings. The minimum absolute atomic E-state index is 0.0721. The zero-order valence-electron chi connectivity index (χ0n) is 10.9. The summed E-state index contributed by atoms with van der Waals surface area (Å²) in [5, 5.41) is 6.29. The van der Waals surface area contributed by atoms with Crippen LogP contribution in [0.25, 0.3) is 0 Å². The lowest BCUT2D eigenvalue weighted by Gasteiger charge is -2.10. The molecule has 1 aromatic heterocycles. The Morgan fingerprint density at radius 2 is 2.16 bits per heavy atom. The molecule has 1 aromatic carbocycles. The average Bonchev–Trinajstić information content (AvgIpc) is 2.82. The predicted octanol–water partition coefficient (Wildman–Crippen LogP) is 3.24. The highest BCUT2D eigenvalue weighted by Gasteiger charge is 2.15. The molecule has 19 heavy (non-hydrogen) atoms. The molecule has 1 heterocycles. The fraction of sp³-hybridized carbons (Fsp3) is 0.286. The molecule has 0 saturated heterocycles. The third-order valence-electron chi connectivity index (χ3n) is 2.59. The minimum atomic E-state index is -0.148. The van der Waals surface area contributed by atoms with E-state index in [1.54, 1.807) is 17.8 Å². The van der Waals surface area contributed by atoms with Gasteiger partial charge in [-0.25, -0.2) is 0 Å². The van der Waals surface area contributed by atoms with Gasteiger partial charge >= 0.3 is 0 Å². The van der Waals surface area contributed by atoms with Crippen LogP contribution in [-0.2, 0) is 10.5 Å². The Morgan fingerprint density at radius 3 is 2.79 bits per heavy atom. The summed E-state index contributed by atoms with van der Waals surface area (Å²) in [5.41, 5.74) is 1.96. The van der Waals surface area contributed by atoms with Gasteiger partial charge in [0, 0.05) is 11.8 Å². The van der Waals surface area contributed by atoms with E-state index in [-0.39, 0.29) is 11.2 Å². The number of nitrogens with one attached hydrogen (secondary N) is 1. The fourth-order valence-corrected chi connectivity index (χ4v) is 2.36. The maximum Gasteiger partial charge on any atom is 0.239 e. The summed E-state index contributed by atoms with van der Waals surface area (Å²) in [5.74, 6) is 1.14. The lowest BCUT2D eigenvalue weighted by atomic mass is 10.2. The van der Waals surface area contributed by atoms with Gasteiger partial charge in [-0.1, -0.05) is 35.5 Å². The van der Waals surface area contributed by atoms with E-state index in [1.165, 1.54) is 5.56 Å². The minimum Gasteiger partial charge on any atom is -0.338 e. The van der Waals surface area contributed by atoms with E-state index in [4.69, 9.17) is 4.52 Å². The number of amides is 1. The predicted molar refractivity (Wildman–Crippen MR) is 77.1 cm³/mol. The van der Waals surface area contributed by atoms with Crippen LogP contribution in [-0.4, -0.2) is 16.3 Å². The number of hydrogen-bond acceptors (Lipinski definition) is 4. The Hall–Kier alpha value is -1.75. The van der Waals surface area contributed by atoms with E-state index in [2.05, 4.69) is 22.6 Å². The number of carbonyl (C=O) groups excluding carboxylic acids is 1. The number of hydrogen-bond donors (Lipinski definition) is 1. The standard InChI is InChI=1S/C14H16N2O2S/c1-10-8-13(18-16-10)15-14(17)11(2)19-9-12-6-4-3-5-7-12/h3-8,11H,9H2,1-2H3,(H,15,17). The van der Waals surface area contributed by atoms with Crippen LogP contribution in [0.5, 0.6) is 0 Å². The van der Waals surface area contributed by atoms with Crippen molar-refractivity contribution in [2.24, 2.45) is 0 Å². The molecular weight excluding hydrogens is 260 g/mol. The highest BCUT2D eigenvalue weighted by molar-refractivity contribution is 7.99. The summed E-state index contributed by atoms with van der Waals surface area (Å²) in [6.07, 6.45) is 0. The van der Waals surface area contributed by atoms with Crippen LogP contribution in [0.3, 0.4) is 0 Å². The van der Waals surface area contributed by atoms with Gasteiger partial charge in [0.2, 0.25) is 11.8 Å². The number of aromatic nitrogens is 1. The van der Waals surface area contributed by atoms with E-state index < -0.39 is 0 Å². The Bertz CT molecular complexity index is 539. The summed E-state index contributed by atoms with van der Waals surface area (Å²) in [6.45, 7) is 3.69. The van der Waals surface area contributed by atoms with Crippen molar-refractivity contribution in [3.8, 4) is 0 Å². The zero-order valence-corrected chi connectivity index (χ0v) is 11.7. The molecule has 1 atom stereocenters. The first-order valence-corrected chi connectivity index (χ1v) is 7.10. The SMILES string of the molecule is Cc1cc(NC(=O)C(C)SCc2ccccc2)on1. The van der Waals surface area contributed by atoms with Gasteiger partial charge in [-0.2, -0.15) is 0 Å². The summed E-state index contributed by atoms with van der Waals surface area (Å²) < 4.78 is 4.96. The van der Waals surface area contributed by atoms with Crippen LogP contribution in [0.4, 0.5) is 5.88 Å².